The molecule has 0 aliphatic heterocycles. The molecule has 0 aliphatic rings. The topological polar surface area (TPSA) is 66.2 Å². The van der Waals surface area contributed by atoms with Gasteiger partial charge in [0.15, 0.2) is 0 Å². The lowest BCUT2D eigenvalue weighted by Crippen LogP contribution is -2.08. The zero-order valence-electron chi connectivity index (χ0n) is 10.8. The van der Waals surface area contributed by atoms with Gasteiger partial charge in [0.2, 0.25) is 0 Å². The van der Waals surface area contributed by atoms with Crippen molar-refractivity contribution in [3.05, 3.63) is 11.6 Å². The van der Waals surface area contributed by atoms with E-state index in [4.69, 9.17) is 9.47 Å². The van der Waals surface area contributed by atoms with Crippen LogP contribution >= 0.6 is 0 Å². The second-order valence-electron chi connectivity index (χ2n) is 3.78. The second-order valence-corrected chi connectivity index (χ2v) is 3.78. The highest BCUT2D eigenvalue weighted by Gasteiger charge is 2.16. The normalized spacial score (nSPS) is 12.5. The first-order valence-electron chi connectivity index (χ1n) is 5.68. The van der Waals surface area contributed by atoms with E-state index >= 15 is 0 Å². The number of esters is 1. The van der Waals surface area contributed by atoms with Crippen LogP contribution in [0.5, 0.6) is 0 Å². The second kappa shape index (κ2) is 6.34. The molecule has 1 unspecified atom stereocenters. The van der Waals surface area contributed by atoms with Gasteiger partial charge in [0.25, 0.3) is 5.82 Å². The van der Waals surface area contributed by atoms with Crippen molar-refractivity contribution >= 4 is 5.97 Å². The summed E-state index contributed by atoms with van der Waals surface area (Å²) in [5.41, 5.74) is 0. The van der Waals surface area contributed by atoms with Gasteiger partial charge in [0.1, 0.15) is 5.82 Å². The van der Waals surface area contributed by atoms with Gasteiger partial charge in [-0.05, 0) is 20.3 Å². The lowest BCUT2D eigenvalue weighted by Gasteiger charge is -2.07. The van der Waals surface area contributed by atoms with Crippen LogP contribution in [0.1, 0.15) is 36.7 Å². The van der Waals surface area contributed by atoms with E-state index < -0.39 is 5.97 Å². The number of hydrogen-bond donors (Lipinski definition) is 0. The number of rotatable bonds is 6. The summed E-state index contributed by atoms with van der Waals surface area (Å²) < 4.78 is 11.6. The maximum atomic E-state index is 11.4. The Kier molecular flexibility index (Phi) is 5.09. The van der Waals surface area contributed by atoms with Crippen molar-refractivity contribution in [2.75, 3.05) is 13.7 Å². The van der Waals surface area contributed by atoms with Crippen molar-refractivity contribution in [2.24, 2.45) is 7.05 Å². The quantitative estimate of drug-likeness (QED) is 0.694. The van der Waals surface area contributed by atoms with Gasteiger partial charge in [-0.2, -0.15) is 0 Å². The molecule has 1 rings (SSSR count). The van der Waals surface area contributed by atoms with E-state index in [1.807, 2.05) is 6.92 Å². The molecule has 1 aromatic rings. The Bertz CT molecular complexity index is 376. The van der Waals surface area contributed by atoms with Crippen LogP contribution in [0, 0.1) is 0 Å². The molecule has 0 spiro atoms. The number of nitrogens with zero attached hydrogens (tertiary/aromatic N) is 3. The van der Waals surface area contributed by atoms with Gasteiger partial charge in [-0.3, -0.25) is 4.68 Å². The maximum Gasteiger partial charge on any atom is 0.378 e. The van der Waals surface area contributed by atoms with Crippen LogP contribution in [-0.4, -0.2) is 40.6 Å². The smallest absolute Gasteiger partial charge is 0.378 e. The third-order valence-electron chi connectivity index (χ3n) is 2.49. The molecule has 1 heterocycles. The molecule has 17 heavy (non-hydrogen) atoms. The monoisotopic (exact) mass is 241 g/mol. The van der Waals surface area contributed by atoms with Crippen LogP contribution in [0.25, 0.3) is 0 Å². The maximum absolute atomic E-state index is 11.4. The lowest BCUT2D eigenvalue weighted by molar-refractivity contribution is 0.0512. The van der Waals surface area contributed by atoms with E-state index in [0.717, 1.165) is 18.7 Å². The summed E-state index contributed by atoms with van der Waals surface area (Å²) in [6.07, 6.45) is 1.72. The highest BCUT2D eigenvalue weighted by Crippen LogP contribution is 2.05. The first kappa shape index (κ1) is 13.6. The molecule has 0 saturated heterocycles. The predicted octanol–water partition coefficient (Wildman–Crippen LogP) is 0.959. The van der Waals surface area contributed by atoms with Crippen molar-refractivity contribution < 1.29 is 14.3 Å². The highest BCUT2D eigenvalue weighted by molar-refractivity contribution is 5.84. The summed E-state index contributed by atoms with van der Waals surface area (Å²) in [6, 6.07) is 0. The number of carbonyl (C=O) groups is 1. The van der Waals surface area contributed by atoms with Crippen molar-refractivity contribution in [3.63, 3.8) is 0 Å². The van der Waals surface area contributed by atoms with E-state index in [-0.39, 0.29) is 11.9 Å². The van der Waals surface area contributed by atoms with Crippen molar-refractivity contribution in [1.82, 2.24) is 14.8 Å². The molecule has 96 valence electrons. The Morgan fingerprint density at radius 3 is 2.82 bits per heavy atom. The molecule has 0 radical (unpaired) electrons. The SMILES string of the molecule is CCOC(=O)c1nc(CCC(C)OC)n(C)n1. The lowest BCUT2D eigenvalue weighted by atomic mass is 10.2. The fourth-order valence-corrected chi connectivity index (χ4v) is 1.37. The van der Waals surface area contributed by atoms with Crippen molar-refractivity contribution in [3.8, 4) is 0 Å². The Morgan fingerprint density at radius 1 is 1.53 bits per heavy atom. The molecule has 0 aliphatic carbocycles. The molecule has 0 fully saturated rings. The molecule has 0 aromatic carbocycles. The van der Waals surface area contributed by atoms with Crippen LogP contribution in [0.15, 0.2) is 0 Å². The molecule has 6 nitrogen and oxygen atoms in total. The van der Waals surface area contributed by atoms with Gasteiger partial charge in [-0.1, -0.05) is 0 Å². The number of carbonyl (C=O) groups excluding carboxylic acids is 1. The first-order chi connectivity index (χ1) is 8.08. The molecule has 0 bridgehead atoms. The molecule has 0 amide bonds. The molecular weight excluding hydrogens is 222 g/mol. The summed E-state index contributed by atoms with van der Waals surface area (Å²) in [5, 5.41) is 4.02. The van der Waals surface area contributed by atoms with Crippen LogP contribution < -0.4 is 0 Å². The average molecular weight is 241 g/mol. The molecule has 1 atom stereocenters. The van der Waals surface area contributed by atoms with Crippen LogP contribution in [0.3, 0.4) is 0 Å². The van der Waals surface area contributed by atoms with E-state index in [9.17, 15) is 4.79 Å². The zero-order chi connectivity index (χ0) is 12.8. The number of ether oxygens (including phenoxy) is 2. The number of hydrogen-bond acceptors (Lipinski definition) is 5. The third kappa shape index (κ3) is 3.81. The Hall–Kier alpha value is -1.43. The van der Waals surface area contributed by atoms with E-state index in [0.29, 0.717) is 6.61 Å². The standard InChI is InChI=1S/C11H19N3O3/c1-5-17-11(15)10-12-9(14(3)13-10)7-6-8(2)16-4/h8H,5-7H2,1-4H3. The summed E-state index contributed by atoms with van der Waals surface area (Å²) >= 11 is 0. The highest BCUT2D eigenvalue weighted by atomic mass is 16.5. The Labute approximate surface area is 101 Å². The van der Waals surface area contributed by atoms with E-state index in [2.05, 4.69) is 10.1 Å². The fraction of sp³-hybridized carbons (Fsp3) is 0.727. The summed E-state index contributed by atoms with van der Waals surface area (Å²) in [4.78, 5) is 15.6. The van der Waals surface area contributed by atoms with Gasteiger partial charge in [0.05, 0.1) is 12.7 Å². The van der Waals surface area contributed by atoms with Crippen molar-refractivity contribution in [1.29, 1.82) is 0 Å². The number of aromatic nitrogens is 3. The number of methoxy groups -OCH3 is 1. The summed E-state index contributed by atoms with van der Waals surface area (Å²) in [5.74, 6) is 0.403. The number of aryl methyl sites for hydroxylation is 2. The van der Waals surface area contributed by atoms with Gasteiger partial charge < -0.3 is 9.47 Å². The summed E-state index contributed by atoms with van der Waals surface area (Å²) in [7, 11) is 3.44. The minimum atomic E-state index is -0.478. The molecule has 0 N–H and O–H groups in total. The van der Waals surface area contributed by atoms with Gasteiger partial charge in [-0.25, -0.2) is 9.78 Å². The molecular formula is C11H19N3O3. The molecule has 1 aromatic heterocycles. The van der Waals surface area contributed by atoms with Crippen LogP contribution in [-0.2, 0) is 22.9 Å². The predicted molar refractivity (Wildman–Crippen MR) is 61.8 cm³/mol. The van der Waals surface area contributed by atoms with E-state index in [1.54, 1.807) is 25.8 Å². The zero-order valence-corrected chi connectivity index (χ0v) is 10.8. The first-order valence-corrected chi connectivity index (χ1v) is 5.68. The Morgan fingerprint density at radius 2 is 2.24 bits per heavy atom. The molecule has 0 saturated carbocycles. The van der Waals surface area contributed by atoms with Crippen LogP contribution in [0.4, 0.5) is 0 Å². The Balaban J connectivity index is 2.65. The van der Waals surface area contributed by atoms with Gasteiger partial charge >= 0.3 is 5.97 Å². The fourth-order valence-electron chi connectivity index (χ4n) is 1.37. The van der Waals surface area contributed by atoms with E-state index in [1.165, 1.54) is 0 Å². The van der Waals surface area contributed by atoms with Gasteiger partial charge in [-0.15, -0.1) is 5.10 Å². The third-order valence-corrected chi connectivity index (χ3v) is 2.49. The minimum Gasteiger partial charge on any atom is -0.460 e. The average Bonchev–Trinajstić information content (AvgIpc) is 2.68. The van der Waals surface area contributed by atoms with Crippen LogP contribution in [0.2, 0.25) is 0 Å². The summed E-state index contributed by atoms with van der Waals surface area (Å²) in [6.45, 7) is 4.07. The minimum absolute atomic E-state index is 0.120. The van der Waals surface area contributed by atoms with Gasteiger partial charge in [0, 0.05) is 20.6 Å². The molecule has 6 heteroatoms. The van der Waals surface area contributed by atoms with Crippen molar-refractivity contribution in [2.45, 2.75) is 32.8 Å². The largest absolute Gasteiger partial charge is 0.460 e.